The van der Waals surface area contributed by atoms with Gasteiger partial charge >= 0.3 is 0 Å². The molecule has 1 aromatic heterocycles. The molecule has 1 fully saturated rings. The van der Waals surface area contributed by atoms with Crippen LogP contribution in [0.15, 0.2) is 30.5 Å². The van der Waals surface area contributed by atoms with Crippen LogP contribution in [0.4, 0.5) is 4.39 Å². The summed E-state index contributed by atoms with van der Waals surface area (Å²) in [6.45, 7) is 1.53. The van der Waals surface area contributed by atoms with Gasteiger partial charge in [-0.25, -0.2) is 4.39 Å². The number of hydrogen-bond donors (Lipinski definition) is 2. The van der Waals surface area contributed by atoms with Gasteiger partial charge in [0.1, 0.15) is 6.17 Å². The summed E-state index contributed by atoms with van der Waals surface area (Å²) in [5, 5.41) is 4.42. The Labute approximate surface area is 93.9 Å². The van der Waals surface area contributed by atoms with Crippen molar-refractivity contribution in [1.29, 1.82) is 0 Å². The van der Waals surface area contributed by atoms with Crippen LogP contribution < -0.4 is 5.32 Å². The van der Waals surface area contributed by atoms with E-state index in [2.05, 4.69) is 16.4 Å². The second-order valence-electron chi connectivity index (χ2n) is 4.40. The lowest BCUT2D eigenvalue weighted by atomic mass is 9.90. The summed E-state index contributed by atoms with van der Waals surface area (Å²) in [5.74, 6) is -0.00935. The Morgan fingerprint density at radius 2 is 2.12 bits per heavy atom. The molecule has 2 aromatic rings. The van der Waals surface area contributed by atoms with Gasteiger partial charge in [0.15, 0.2) is 0 Å². The van der Waals surface area contributed by atoms with Crippen molar-refractivity contribution in [3.63, 3.8) is 0 Å². The first kappa shape index (κ1) is 9.85. The van der Waals surface area contributed by atoms with Gasteiger partial charge in [-0.1, -0.05) is 18.2 Å². The standard InChI is InChI=1S/C13H15FN2/c14-12-5-6-15-7-11(12)10-8-16-13-4-2-1-3-9(10)13/h1-4,8,11-12,15-16H,5-7H2/t11?,12-/m0/s1. The van der Waals surface area contributed by atoms with Crippen LogP contribution in [0.3, 0.4) is 0 Å². The Morgan fingerprint density at radius 3 is 3.00 bits per heavy atom. The van der Waals surface area contributed by atoms with E-state index in [1.807, 2.05) is 24.4 Å². The first-order chi connectivity index (χ1) is 7.86. The molecule has 3 heteroatoms. The predicted octanol–water partition coefficient (Wildman–Crippen LogP) is 2.58. The number of piperidine rings is 1. The Bertz CT molecular complexity index is 491. The molecule has 16 heavy (non-hydrogen) atoms. The van der Waals surface area contributed by atoms with Crippen molar-refractivity contribution in [2.24, 2.45) is 0 Å². The fourth-order valence-electron chi connectivity index (χ4n) is 2.53. The number of aromatic amines is 1. The average molecular weight is 218 g/mol. The summed E-state index contributed by atoms with van der Waals surface area (Å²) in [6.07, 6.45) is 1.85. The van der Waals surface area contributed by atoms with Crippen LogP contribution in [-0.2, 0) is 0 Å². The monoisotopic (exact) mass is 218 g/mol. The second kappa shape index (κ2) is 3.91. The summed E-state index contributed by atoms with van der Waals surface area (Å²) in [7, 11) is 0. The summed E-state index contributed by atoms with van der Waals surface area (Å²) < 4.78 is 13.9. The van der Waals surface area contributed by atoms with Crippen LogP contribution >= 0.6 is 0 Å². The number of benzene rings is 1. The molecule has 1 unspecified atom stereocenters. The molecule has 0 amide bonds. The average Bonchev–Trinajstić information content (AvgIpc) is 2.74. The quantitative estimate of drug-likeness (QED) is 0.756. The fraction of sp³-hybridized carbons (Fsp3) is 0.385. The maximum absolute atomic E-state index is 13.9. The van der Waals surface area contributed by atoms with E-state index >= 15 is 0 Å². The van der Waals surface area contributed by atoms with Crippen molar-refractivity contribution in [3.05, 3.63) is 36.0 Å². The highest BCUT2D eigenvalue weighted by atomic mass is 19.1. The van der Waals surface area contributed by atoms with E-state index in [0.717, 1.165) is 29.6 Å². The van der Waals surface area contributed by atoms with Gasteiger partial charge in [-0.2, -0.15) is 0 Å². The number of hydrogen-bond acceptors (Lipinski definition) is 1. The summed E-state index contributed by atoms with van der Waals surface area (Å²) in [5.41, 5.74) is 2.20. The zero-order valence-electron chi connectivity index (χ0n) is 9.04. The van der Waals surface area contributed by atoms with Crippen LogP contribution in [0.5, 0.6) is 0 Å². The molecule has 84 valence electrons. The van der Waals surface area contributed by atoms with Gasteiger partial charge < -0.3 is 10.3 Å². The molecule has 0 bridgehead atoms. The highest BCUT2D eigenvalue weighted by molar-refractivity contribution is 5.83. The molecular formula is C13H15FN2. The molecule has 2 N–H and O–H groups in total. The molecule has 2 atom stereocenters. The molecule has 1 saturated heterocycles. The van der Waals surface area contributed by atoms with Crippen molar-refractivity contribution < 1.29 is 4.39 Å². The van der Waals surface area contributed by atoms with E-state index in [9.17, 15) is 4.39 Å². The van der Waals surface area contributed by atoms with Crippen molar-refractivity contribution in [3.8, 4) is 0 Å². The molecule has 0 aliphatic carbocycles. The Balaban J connectivity index is 2.04. The lowest BCUT2D eigenvalue weighted by Gasteiger charge is -2.26. The van der Waals surface area contributed by atoms with E-state index in [4.69, 9.17) is 0 Å². The normalized spacial score (nSPS) is 26.1. The lowest BCUT2D eigenvalue weighted by molar-refractivity contribution is 0.229. The van der Waals surface area contributed by atoms with Crippen LogP contribution in [0.2, 0.25) is 0 Å². The highest BCUT2D eigenvalue weighted by Crippen LogP contribution is 2.31. The van der Waals surface area contributed by atoms with Gasteiger partial charge in [0, 0.05) is 29.6 Å². The molecule has 0 radical (unpaired) electrons. The largest absolute Gasteiger partial charge is 0.361 e. The first-order valence-electron chi connectivity index (χ1n) is 5.77. The molecule has 1 aliphatic rings. The molecule has 2 heterocycles. The topological polar surface area (TPSA) is 27.8 Å². The number of fused-ring (bicyclic) bond motifs is 1. The van der Waals surface area contributed by atoms with E-state index in [-0.39, 0.29) is 5.92 Å². The third kappa shape index (κ3) is 1.52. The van der Waals surface area contributed by atoms with Crippen molar-refractivity contribution >= 4 is 10.9 Å². The third-order valence-electron chi connectivity index (χ3n) is 3.42. The molecule has 1 aliphatic heterocycles. The Kier molecular flexibility index (Phi) is 2.40. The minimum atomic E-state index is -0.722. The zero-order chi connectivity index (χ0) is 11.0. The minimum Gasteiger partial charge on any atom is -0.361 e. The van der Waals surface area contributed by atoms with E-state index < -0.39 is 6.17 Å². The van der Waals surface area contributed by atoms with Crippen LogP contribution in [0.1, 0.15) is 17.9 Å². The number of rotatable bonds is 1. The predicted molar refractivity (Wildman–Crippen MR) is 63.4 cm³/mol. The van der Waals surface area contributed by atoms with Crippen molar-refractivity contribution in [2.45, 2.75) is 18.5 Å². The number of alkyl halides is 1. The van der Waals surface area contributed by atoms with Crippen LogP contribution in [0.25, 0.3) is 10.9 Å². The van der Waals surface area contributed by atoms with Crippen LogP contribution in [-0.4, -0.2) is 24.2 Å². The maximum Gasteiger partial charge on any atom is 0.109 e. The zero-order valence-corrected chi connectivity index (χ0v) is 9.04. The number of nitrogens with one attached hydrogen (secondary N) is 2. The van der Waals surface area contributed by atoms with Gasteiger partial charge in [0.2, 0.25) is 0 Å². The first-order valence-corrected chi connectivity index (χ1v) is 5.77. The maximum atomic E-state index is 13.9. The van der Waals surface area contributed by atoms with Gasteiger partial charge in [-0.05, 0) is 24.6 Å². The summed E-state index contributed by atoms with van der Waals surface area (Å²) in [4.78, 5) is 3.21. The van der Waals surface area contributed by atoms with Gasteiger partial charge in [0.05, 0.1) is 0 Å². The van der Waals surface area contributed by atoms with E-state index in [1.54, 1.807) is 0 Å². The summed E-state index contributed by atoms with van der Waals surface area (Å²) >= 11 is 0. The molecule has 3 rings (SSSR count). The SMILES string of the molecule is F[C@H]1CCNCC1c1c[nH]c2ccccc12. The fourth-order valence-corrected chi connectivity index (χ4v) is 2.53. The van der Waals surface area contributed by atoms with E-state index in [0.29, 0.717) is 6.42 Å². The van der Waals surface area contributed by atoms with Gasteiger partial charge in [0.25, 0.3) is 0 Å². The molecular weight excluding hydrogens is 203 g/mol. The third-order valence-corrected chi connectivity index (χ3v) is 3.42. The van der Waals surface area contributed by atoms with Gasteiger partial charge in [-0.3, -0.25) is 0 Å². The Hall–Kier alpha value is -1.35. The highest BCUT2D eigenvalue weighted by Gasteiger charge is 2.27. The Morgan fingerprint density at radius 1 is 1.25 bits per heavy atom. The molecule has 0 saturated carbocycles. The van der Waals surface area contributed by atoms with Crippen LogP contribution in [0, 0.1) is 0 Å². The smallest absolute Gasteiger partial charge is 0.109 e. The molecule has 1 aromatic carbocycles. The van der Waals surface area contributed by atoms with Crippen molar-refractivity contribution in [1.82, 2.24) is 10.3 Å². The summed E-state index contributed by atoms with van der Waals surface area (Å²) in [6, 6.07) is 8.09. The molecule has 0 spiro atoms. The second-order valence-corrected chi connectivity index (χ2v) is 4.40. The lowest BCUT2D eigenvalue weighted by Crippen LogP contribution is -2.36. The number of para-hydroxylation sites is 1. The number of H-pyrrole nitrogens is 1. The minimum absolute atomic E-state index is 0.00935. The van der Waals surface area contributed by atoms with Crippen molar-refractivity contribution in [2.75, 3.05) is 13.1 Å². The van der Waals surface area contributed by atoms with E-state index in [1.165, 1.54) is 0 Å². The van der Waals surface area contributed by atoms with Gasteiger partial charge in [-0.15, -0.1) is 0 Å². The number of aromatic nitrogens is 1. The molecule has 2 nitrogen and oxygen atoms in total. The number of halogens is 1.